The van der Waals surface area contributed by atoms with Crippen molar-refractivity contribution in [1.82, 2.24) is 4.90 Å². The molecule has 1 aliphatic rings. The average Bonchev–Trinajstić information content (AvgIpc) is 2.91. The summed E-state index contributed by atoms with van der Waals surface area (Å²) >= 11 is 4.34. The minimum atomic E-state index is -0.347. The Kier molecular flexibility index (Phi) is 6.41. The summed E-state index contributed by atoms with van der Waals surface area (Å²) in [6, 6.07) is 9.81. The van der Waals surface area contributed by atoms with E-state index in [9.17, 15) is 14.0 Å². The summed E-state index contributed by atoms with van der Waals surface area (Å²) in [5.74, 6) is 0.216. The summed E-state index contributed by atoms with van der Waals surface area (Å²) < 4.78 is 25.9. The Morgan fingerprint density at radius 2 is 1.89 bits per heavy atom. The van der Waals surface area contributed by atoms with Crippen LogP contribution in [0.5, 0.6) is 11.5 Å². The number of ether oxygens (including phenoxy) is 2. The van der Waals surface area contributed by atoms with Gasteiger partial charge in [0.2, 0.25) is 0 Å². The topological polar surface area (TPSA) is 55.8 Å². The Morgan fingerprint density at radius 3 is 2.54 bits per heavy atom. The van der Waals surface area contributed by atoms with Crippen molar-refractivity contribution < 1.29 is 23.5 Å². The maximum Gasteiger partial charge on any atom is 0.293 e. The Bertz CT molecular complexity index is 963. The first kappa shape index (κ1) is 20.4. The van der Waals surface area contributed by atoms with Crippen LogP contribution < -0.4 is 9.47 Å². The predicted octanol–water partition coefficient (Wildman–Crippen LogP) is 5.23. The average molecular weight is 466 g/mol. The van der Waals surface area contributed by atoms with Crippen LogP contribution in [0.4, 0.5) is 9.18 Å². The largest absolute Gasteiger partial charge is 0.490 e. The highest BCUT2D eigenvalue weighted by molar-refractivity contribution is 9.10. The zero-order valence-corrected chi connectivity index (χ0v) is 17.6. The first-order valence-corrected chi connectivity index (χ1v) is 10.1. The van der Waals surface area contributed by atoms with Crippen LogP contribution in [0.15, 0.2) is 45.8 Å². The lowest BCUT2D eigenvalue weighted by molar-refractivity contribution is -0.121. The molecule has 2 aromatic rings. The minimum Gasteiger partial charge on any atom is -0.490 e. The minimum absolute atomic E-state index is 0.0489. The number of imide groups is 1. The molecule has 0 bridgehead atoms. The highest BCUT2D eigenvalue weighted by atomic mass is 79.9. The van der Waals surface area contributed by atoms with Crippen LogP contribution in [0.25, 0.3) is 6.08 Å². The molecule has 146 valence electrons. The van der Waals surface area contributed by atoms with Crippen LogP contribution in [0.2, 0.25) is 0 Å². The zero-order chi connectivity index (χ0) is 20.3. The molecular formula is C20H17BrFNO4S. The van der Waals surface area contributed by atoms with Gasteiger partial charge in [-0.25, -0.2) is 4.39 Å². The second-order valence-electron chi connectivity index (χ2n) is 5.87. The van der Waals surface area contributed by atoms with Gasteiger partial charge in [-0.05, 0) is 48.5 Å². The van der Waals surface area contributed by atoms with Crippen molar-refractivity contribution in [1.29, 1.82) is 0 Å². The van der Waals surface area contributed by atoms with Crippen LogP contribution in [-0.4, -0.2) is 29.7 Å². The van der Waals surface area contributed by atoms with E-state index in [2.05, 4.69) is 15.9 Å². The number of carbonyl (C=O) groups is 2. The van der Waals surface area contributed by atoms with Gasteiger partial charge in [-0.1, -0.05) is 34.1 Å². The van der Waals surface area contributed by atoms with Crippen LogP contribution >= 0.6 is 27.7 Å². The molecule has 1 fully saturated rings. The molecule has 8 heteroatoms. The van der Waals surface area contributed by atoms with Gasteiger partial charge in [0.1, 0.15) is 12.4 Å². The Labute approximate surface area is 174 Å². The van der Waals surface area contributed by atoms with Gasteiger partial charge in [-0.2, -0.15) is 0 Å². The number of likely N-dealkylation sites (N-methyl/N-ethyl adjacent to an activating group) is 1. The number of hydrogen-bond acceptors (Lipinski definition) is 5. The molecule has 2 aromatic carbocycles. The normalized spacial score (nSPS) is 15.4. The van der Waals surface area contributed by atoms with Crippen molar-refractivity contribution in [3.05, 3.63) is 62.7 Å². The Morgan fingerprint density at radius 1 is 1.18 bits per heavy atom. The third kappa shape index (κ3) is 4.39. The summed E-state index contributed by atoms with van der Waals surface area (Å²) in [5, 5.41) is -0.317. The van der Waals surface area contributed by atoms with Crippen molar-refractivity contribution >= 4 is 44.9 Å². The van der Waals surface area contributed by atoms with Crippen LogP contribution in [0.3, 0.4) is 0 Å². The van der Waals surface area contributed by atoms with Crippen molar-refractivity contribution in [3.63, 3.8) is 0 Å². The second-order valence-corrected chi connectivity index (χ2v) is 7.72. The van der Waals surface area contributed by atoms with E-state index in [1.165, 1.54) is 13.1 Å². The van der Waals surface area contributed by atoms with Crippen molar-refractivity contribution in [3.8, 4) is 11.5 Å². The molecule has 5 nitrogen and oxygen atoms in total. The zero-order valence-electron chi connectivity index (χ0n) is 15.2. The van der Waals surface area contributed by atoms with Gasteiger partial charge in [-0.15, -0.1) is 0 Å². The first-order chi connectivity index (χ1) is 13.4. The fourth-order valence-corrected chi connectivity index (χ4v) is 3.76. The number of rotatable bonds is 6. The number of nitrogens with zero attached hydrogens (tertiary/aromatic N) is 1. The predicted molar refractivity (Wildman–Crippen MR) is 110 cm³/mol. The molecule has 2 amide bonds. The van der Waals surface area contributed by atoms with Crippen LogP contribution in [-0.2, 0) is 11.4 Å². The highest BCUT2D eigenvalue weighted by Gasteiger charge is 2.32. The quantitative estimate of drug-likeness (QED) is 0.546. The van der Waals surface area contributed by atoms with E-state index in [1.807, 2.05) is 6.92 Å². The third-order valence-electron chi connectivity index (χ3n) is 3.98. The van der Waals surface area contributed by atoms with E-state index in [1.54, 1.807) is 36.4 Å². The van der Waals surface area contributed by atoms with Crippen LogP contribution in [0, 0.1) is 5.82 Å². The fraction of sp³-hybridized carbons (Fsp3) is 0.200. The fourth-order valence-electron chi connectivity index (χ4n) is 2.50. The number of thioether (sulfide) groups is 1. The van der Waals surface area contributed by atoms with Gasteiger partial charge in [0.15, 0.2) is 11.5 Å². The maximum absolute atomic E-state index is 13.8. The van der Waals surface area contributed by atoms with Crippen LogP contribution in [0.1, 0.15) is 18.1 Å². The number of halogens is 2. The van der Waals surface area contributed by atoms with Gasteiger partial charge < -0.3 is 9.47 Å². The van der Waals surface area contributed by atoms with E-state index < -0.39 is 0 Å². The van der Waals surface area contributed by atoms with E-state index in [-0.39, 0.29) is 23.6 Å². The molecule has 0 N–H and O–H groups in total. The second kappa shape index (κ2) is 8.79. The highest BCUT2D eigenvalue weighted by Crippen LogP contribution is 2.38. The SMILES string of the molecule is CCOc1cc(/C=C2\SC(=O)N(C)C2=O)c(Br)cc1OCc1ccccc1F. The van der Waals surface area contributed by atoms with E-state index in [0.29, 0.717) is 38.6 Å². The lowest BCUT2D eigenvalue weighted by atomic mass is 10.1. The lowest BCUT2D eigenvalue weighted by Gasteiger charge is -2.14. The lowest BCUT2D eigenvalue weighted by Crippen LogP contribution is -2.22. The van der Waals surface area contributed by atoms with Crippen molar-refractivity contribution in [2.45, 2.75) is 13.5 Å². The standard InChI is InChI=1S/C20H17BrFNO4S/c1-3-26-16-8-13(9-18-19(24)23(2)20(25)28-18)14(21)10-17(16)27-11-12-6-4-5-7-15(12)22/h4-10H,3,11H2,1-2H3/b18-9-. The van der Waals surface area contributed by atoms with Gasteiger partial charge in [-0.3, -0.25) is 14.5 Å². The molecule has 0 unspecified atom stereocenters. The molecule has 1 heterocycles. The van der Waals surface area contributed by atoms with Crippen molar-refractivity contribution in [2.24, 2.45) is 0 Å². The van der Waals surface area contributed by atoms with E-state index in [0.717, 1.165) is 16.7 Å². The molecule has 1 aliphatic heterocycles. The van der Waals surface area contributed by atoms with Gasteiger partial charge >= 0.3 is 0 Å². The first-order valence-electron chi connectivity index (χ1n) is 8.44. The summed E-state index contributed by atoms with van der Waals surface area (Å²) in [6.07, 6.45) is 1.63. The number of amides is 2. The van der Waals surface area contributed by atoms with Gasteiger partial charge in [0.05, 0.1) is 11.5 Å². The molecular weight excluding hydrogens is 449 g/mol. The van der Waals surface area contributed by atoms with E-state index >= 15 is 0 Å². The molecule has 0 spiro atoms. The molecule has 28 heavy (non-hydrogen) atoms. The molecule has 0 saturated carbocycles. The maximum atomic E-state index is 13.8. The number of benzene rings is 2. The molecule has 1 saturated heterocycles. The molecule has 0 aromatic heterocycles. The monoisotopic (exact) mass is 465 g/mol. The molecule has 0 atom stereocenters. The number of carbonyl (C=O) groups excluding carboxylic acids is 2. The smallest absolute Gasteiger partial charge is 0.293 e. The summed E-state index contributed by atoms with van der Waals surface area (Å²) in [6.45, 7) is 2.29. The Balaban J connectivity index is 1.89. The van der Waals surface area contributed by atoms with Gasteiger partial charge in [0, 0.05) is 17.1 Å². The van der Waals surface area contributed by atoms with Gasteiger partial charge in [0.25, 0.3) is 11.1 Å². The van der Waals surface area contributed by atoms with E-state index in [4.69, 9.17) is 9.47 Å². The Hall–Kier alpha value is -2.32. The third-order valence-corrected chi connectivity index (χ3v) is 5.62. The molecule has 3 rings (SSSR count). The summed E-state index contributed by atoms with van der Waals surface area (Å²) in [7, 11) is 1.44. The summed E-state index contributed by atoms with van der Waals surface area (Å²) in [4.78, 5) is 25.2. The molecule has 0 radical (unpaired) electrons. The van der Waals surface area contributed by atoms with Crippen molar-refractivity contribution in [2.75, 3.05) is 13.7 Å². The summed E-state index contributed by atoms with van der Waals surface area (Å²) in [5.41, 5.74) is 1.10. The number of hydrogen-bond donors (Lipinski definition) is 0. The molecule has 0 aliphatic carbocycles.